The van der Waals surface area contributed by atoms with Gasteiger partial charge in [0.2, 0.25) is 0 Å². The second-order valence-corrected chi connectivity index (χ2v) is 4.57. The highest BCUT2D eigenvalue weighted by Gasteiger charge is 2.15. The molecule has 106 valence electrons. The molecular formula is C13H16N4O3. The third kappa shape index (κ3) is 2.62. The molecule has 0 saturated carbocycles. The van der Waals surface area contributed by atoms with Crippen molar-refractivity contribution in [2.45, 2.75) is 27.3 Å². The number of nitrogen functional groups attached to an aromatic ring is 1. The highest BCUT2D eigenvalue weighted by molar-refractivity contribution is 5.92. The molecule has 2 aromatic heterocycles. The smallest absolute Gasteiger partial charge is 0.301 e. The van der Waals surface area contributed by atoms with Crippen molar-refractivity contribution < 1.29 is 9.21 Å². The summed E-state index contributed by atoms with van der Waals surface area (Å²) in [6.07, 6.45) is 0. The second-order valence-electron chi connectivity index (χ2n) is 4.57. The Balaban J connectivity index is 2.37. The predicted octanol–water partition coefficient (Wildman–Crippen LogP) is 0.413. The summed E-state index contributed by atoms with van der Waals surface area (Å²) < 4.78 is 6.91. The average Bonchev–Trinajstić information content (AvgIpc) is 2.74. The summed E-state index contributed by atoms with van der Waals surface area (Å²) in [6.45, 7) is 5.47. The lowest BCUT2D eigenvalue weighted by atomic mass is 10.2. The molecule has 2 aromatic rings. The third-order valence-electron chi connectivity index (χ3n) is 2.95. The highest BCUT2D eigenvalue weighted by Crippen LogP contribution is 2.15. The first-order valence-electron chi connectivity index (χ1n) is 6.07. The van der Waals surface area contributed by atoms with Crippen molar-refractivity contribution in [2.24, 2.45) is 5.84 Å². The molecule has 0 unspecified atom stereocenters. The molecule has 3 N–H and O–H groups in total. The molecule has 7 nitrogen and oxygen atoms in total. The lowest BCUT2D eigenvalue weighted by Crippen LogP contribution is -2.30. The van der Waals surface area contributed by atoms with Crippen molar-refractivity contribution >= 4 is 5.91 Å². The SMILES string of the molecule is Cc1cc(=O)n(Cc2cc(C)c(C(=O)NN)o2)c(C)n1. The number of nitrogens with two attached hydrogens (primary N) is 1. The number of hydrazine groups is 1. The summed E-state index contributed by atoms with van der Waals surface area (Å²) >= 11 is 0. The van der Waals surface area contributed by atoms with E-state index in [1.165, 1.54) is 10.6 Å². The zero-order chi connectivity index (χ0) is 14.9. The molecule has 0 aliphatic heterocycles. The van der Waals surface area contributed by atoms with E-state index in [0.717, 1.165) is 0 Å². The number of carbonyl (C=O) groups is 1. The lowest BCUT2D eigenvalue weighted by molar-refractivity contribution is 0.0923. The van der Waals surface area contributed by atoms with Crippen LogP contribution in [0.5, 0.6) is 0 Å². The molecule has 20 heavy (non-hydrogen) atoms. The molecular weight excluding hydrogens is 260 g/mol. The molecule has 2 heterocycles. The Hall–Kier alpha value is -2.41. The number of nitrogens with one attached hydrogen (secondary N) is 1. The molecule has 0 radical (unpaired) electrons. The molecule has 1 amide bonds. The van der Waals surface area contributed by atoms with Gasteiger partial charge >= 0.3 is 5.91 Å². The fourth-order valence-corrected chi connectivity index (χ4v) is 2.03. The van der Waals surface area contributed by atoms with Crippen LogP contribution >= 0.6 is 0 Å². The molecule has 0 saturated heterocycles. The van der Waals surface area contributed by atoms with Crippen molar-refractivity contribution in [1.29, 1.82) is 0 Å². The molecule has 7 heteroatoms. The summed E-state index contributed by atoms with van der Waals surface area (Å²) in [6, 6.07) is 3.16. The maximum absolute atomic E-state index is 11.9. The van der Waals surface area contributed by atoms with E-state index >= 15 is 0 Å². The molecule has 0 fully saturated rings. The molecule has 0 spiro atoms. The standard InChI is InChI=1S/C13H16N4O3/c1-7-4-10(20-12(7)13(19)16-14)6-17-9(3)15-8(2)5-11(17)18/h4-5H,6,14H2,1-3H3,(H,16,19). The minimum atomic E-state index is -0.500. The van der Waals surface area contributed by atoms with Gasteiger partial charge in [0.05, 0.1) is 6.54 Å². The van der Waals surface area contributed by atoms with E-state index in [-0.39, 0.29) is 17.9 Å². The second kappa shape index (κ2) is 5.30. The number of aromatic nitrogens is 2. The number of carbonyl (C=O) groups excluding carboxylic acids is 1. The van der Waals surface area contributed by atoms with Crippen LogP contribution in [0.25, 0.3) is 0 Å². The molecule has 0 bridgehead atoms. The number of hydrogen-bond donors (Lipinski definition) is 2. The normalized spacial score (nSPS) is 10.6. The summed E-state index contributed by atoms with van der Waals surface area (Å²) in [5.41, 5.74) is 3.19. The number of aryl methyl sites for hydroxylation is 3. The lowest BCUT2D eigenvalue weighted by Gasteiger charge is -2.07. The van der Waals surface area contributed by atoms with Crippen LogP contribution in [-0.2, 0) is 6.54 Å². The number of hydrogen-bond acceptors (Lipinski definition) is 5. The molecule has 0 aliphatic rings. The van der Waals surface area contributed by atoms with E-state index in [2.05, 4.69) is 4.98 Å². The third-order valence-corrected chi connectivity index (χ3v) is 2.95. The number of furan rings is 1. The Morgan fingerprint density at radius 2 is 2.10 bits per heavy atom. The summed E-state index contributed by atoms with van der Waals surface area (Å²) in [5.74, 6) is 5.81. The van der Waals surface area contributed by atoms with E-state index in [0.29, 0.717) is 22.8 Å². The Morgan fingerprint density at radius 1 is 1.40 bits per heavy atom. The van der Waals surface area contributed by atoms with Crippen LogP contribution in [0.3, 0.4) is 0 Å². The van der Waals surface area contributed by atoms with Crippen molar-refractivity contribution in [3.05, 3.63) is 51.1 Å². The summed E-state index contributed by atoms with van der Waals surface area (Å²) in [5, 5.41) is 0. The zero-order valence-electron chi connectivity index (χ0n) is 11.6. The van der Waals surface area contributed by atoms with Crippen LogP contribution in [0.4, 0.5) is 0 Å². The van der Waals surface area contributed by atoms with Crippen molar-refractivity contribution in [2.75, 3.05) is 0 Å². The van der Waals surface area contributed by atoms with Gasteiger partial charge in [-0.3, -0.25) is 19.6 Å². The highest BCUT2D eigenvalue weighted by atomic mass is 16.4. The van der Waals surface area contributed by atoms with E-state index in [9.17, 15) is 9.59 Å². The first kappa shape index (κ1) is 14.0. The van der Waals surface area contributed by atoms with Crippen LogP contribution in [0.2, 0.25) is 0 Å². The average molecular weight is 276 g/mol. The molecule has 0 aliphatic carbocycles. The van der Waals surface area contributed by atoms with Gasteiger partial charge in [0, 0.05) is 17.3 Å². The molecule has 0 aromatic carbocycles. The van der Waals surface area contributed by atoms with Crippen molar-refractivity contribution in [1.82, 2.24) is 15.0 Å². The van der Waals surface area contributed by atoms with Gasteiger partial charge in [0.15, 0.2) is 5.76 Å². The molecule has 2 rings (SSSR count). The van der Waals surface area contributed by atoms with Crippen LogP contribution < -0.4 is 16.8 Å². The van der Waals surface area contributed by atoms with Crippen LogP contribution in [0.1, 0.15) is 33.4 Å². The van der Waals surface area contributed by atoms with E-state index < -0.39 is 5.91 Å². The van der Waals surface area contributed by atoms with E-state index in [1.54, 1.807) is 26.8 Å². The summed E-state index contributed by atoms with van der Waals surface area (Å²) in [7, 11) is 0. The largest absolute Gasteiger partial charge is 0.454 e. The van der Waals surface area contributed by atoms with Gasteiger partial charge in [-0.2, -0.15) is 0 Å². The van der Waals surface area contributed by atoms with Crippen molar-refractivity contribution in [3.63, 3.8) is 0 Å². The Morgan fingerprint density at radius 3 is 2.70 bits per heavy atom. The van der Waals surface area contributed by atoms with Gasteiger partial charge < -0.3 is 4.42 Å². The van der Waals surface area contributed by atoms with Crippen molar-refractivity contribution in [3.8, 4) is 0 Å². The van der Waals surface area contributed by atoms with Crippen LogP contribution in [0, 0.1) is 20.8 Å². The van der Waals surface area contributed by atoms with Crippen LogP contribution in [-0.4, -0.2) is 15.5 Å². The fraction of sp³-hybridized carbons (Fsp3) is 0.308. The van der Waals surface area contributed by atoms with Gasteiger partial charge in [-0.1, -0.05) is 0 Å². The monoisotopic (exact) mass is 276 g/mol. The minimum Gasteiger partial charge on any atom is -0.454 e. The maximum atomic E-state index is 11.9. The topological polar surface area (TPSA) is 103 Å². The van der Waals surface area contributed by atoms with Gasteiger partial charge in [-0.05, 0) is 26.8 Å². The number of amides is 1. The minimum absolute atomic E-state index is 0.147. The Kier molecular flexibility index (Phi) is 3.71. The Bertz CT molecular complexity index is 715. The van der Waals surface area contributed by atoms with E-state index in [4.69, 9.17) is 10.3 Å². The summed E-state index contributed by atoms with van der Waals surface area (Å²) in [4.78, 5) is 27.6. The van der Waals surface area contributed by atoms with Gasteiger partial charge in [-0.15, -0.1) is 0 Å². The fourth-order valence-electron chi connectivity index (χ4n) is 2.03. The quantitative estimate of drug-likeness (QED) is 0.480. The first-order chi connectivity index (χ1) is 9.42. The maximum Gasteiger partial charge on any atom is 0.301 e. The predicted molar refractivity (Wildman–Crippen MR) is 72.2 cm³/mol. The number of nitrogens with zero attached hydrogens (tertiary/aromatic N) is 2. The van der Waals surface area contributed by atoms with E-state index in [1.807, 2.05) is 5.43 Å². The van der Waals surface area contributed by atoms with Crippen LogP contribution in [0.15, 0.2) is 21.3 Å². The first-order valence-corrected chi connectivity index (χ1v) is 6.07. The number of rotatable bonds is 3. The molecule has 0 atom stereocenters. The zero-order valence-corrected chi connectivity index (χ0v) is 11.6. The Labute approximate surface area is 115 Å². The van der Waals surface area contributed by atoms with Gasteiger partial charge in [0.25, 0.3) is 5.56 Å². The van der Waals surface area contributed by atoms with Gasteiger partial charge in [0.1, 0.15) is 11.6 Å². The van der Waals surface area contributed by atoms with Gasteiger partial charge in [-0.25, -0.2) is 10.8 Å².